The van der Waals surface area contributed by atoms with Crippen LogP contribution in [0.3, 0.4) is 0 Å². The van der Waals surface area contributed by atoms with Gasteiger partial charge in [-0.05, 0) is 80.5 Å². The Balaban J connectivity index is 0.000000309. The summed E-state index contributed by atoms with van der Waals surface area (Å²) < 4.78 is 6.07. The molecule has 0 N–H and O–H groups in total. The van der Waals surface area contributed by atoms with Crippen molar-refractivity contribution >= 4 is 0 Å². The molecule has 0 aliphatic heterocycles. The average Bonchev–Trinajstić information content (AvgIpc) is 3.18. The Labute approximate surface area is 361 Å². The van der Waals surface area contributed by atoms with Crippen LogP contribution in [0.4, 0.5) is 0 Å². The molecular formula is C49H46IrN4OPt-2. The van der Waals surface area contributed by atoms with Crippen molar-refractivity contribution in [3.63, 3.8) is 0 Å². The van der Waals surface area contributed by atoms with Gasteiger partial charge >= 0.3 is 21.1 Å². The van der Waals surface area contributed by atoms with Gasteiger partial charge in [0.15, 0.2) is 0 Å². The monoisotopic (exact) mass is 1090 g/mol. The third kappa shape index (κ3) is 12.0. The topological polar surface area (TPSA) is 60.8 Å². The molecule has 7 rings (SSSR count). The van der Waals surface area contributed by atoms with Gasteiger partial charge in [0, 0.05) is 50.6 Å². The van der Waals surface area contributed by atoms with Gasteiger partial charge in [-0.3, -0.25) is 6.07 Å². The van der Waals surface area contributed by atoms with E-state index in [1.807, 2.05) is 54.9 Å². The summed E-state index contributed by atoms with van der Waals surface area (Å²) >= 11 is 0. The number of nitrogens with zero attached hydrogens (tertiary/aromatic N) is 4. The molecule has 3 heterocycles. The number of benzene rings is 4. The van der Waals surface area contributed by atoms with Crippen LogP contribution < -0.4 is 4.74 Å². The van der Waals surface area contributed by atoms with Crippen LogP contribution >= 0.6 is 0 Å². The van der Waals surface area contributed by atoms with Crippen LogP contribution in [-0.4, -0.2) is 19.9 Å². The molecule has 0 bridgehead atoms. The summed E-state index contributed by atoms with van der Waals surface area (Å²) in [5.74, 6) is 2.53. The minimum atomic E-state index is 0. The first-order valence-electron chi connectivity index (χ1n) is 18.5. The SMILES string of the molecule is CC(C)(C)Cc1ccc(-c2[c-]cccc2)nc1.CC(C)c1cccc(C(C)C)c1-c1ccc(-c2[c-]c(Oc3[c-]c(-c4ncccn4)[c-]cc3)ccc2)nc1.[Ir].[Pt+2]. The van der Waals surface area contributed by atoms with Gasteiger partial charge in [-0.1, -0.05) is 97.0 Å². The molecule has 289 valence electrons. The fraction of sp³-hybridized carbons (Fsp3) is 0.224. The molecule has 0 aliphatic rings. The zero-order valence-corrected chi connectivity index (χ0v) is 37.5. The van der Waals surface area contributed by atoms with Crippen molar-refractivity contribution in [2.45, 2.75) is 66.7 Å². The first-order valence-corrected chi connectivity index (χ1v) is 18.5. The summed E-state index contributed by atoms with van der Waals surface area (Å²) in [6.45, 7) is 15.7. The summed E-state index contributed by atoms with van der Waals surface area (Å²) in [6.07, 6.45) is 8.38. The molecule has 0 amide bonds. The summed E-state index contributed by atoms with van der Waals surface area (Å²) in [4.78, 5) is 17.8. The minimum absolute atomic E-state index is 0. The van der Waals surface area contributed by atoms with Gasteiger partial charge in [0.1, 0.15) is 0 Å². The van der Waals surface area contributed by atoms with Gasteiger partial charge in [-0.15, -0.1) is 59.7 Å². The molecule has 1 radical (unpaired) electrons. The smallest absolute Gasteiger partial charge is 0.515 e. The maximum Gasteiger partial charge on any atom is 2.00 e. The largest absolute Gasteiger partial charge is 2.00 e. The van der Waals surface area contributed by atoms with Crippen LogP contribution in [0.2, 0.25) is 0 Å². The van der Waals surface area contributed by atoms with Gasteiger partial charge in [0.05, 0.1) is 0 Å². The number of rotatable bonds is 9. The van der Waals surface area contributed by atoms with Crippen molar-refractivity contribution in [3.05, 3.63) is 169 Å². The summed E-state index contributed by atoms with van der Waals surface area (Å²) in [5, 5.41) is 0. The van der Waals surface area contributed by atoms with E-state index in [2.05, 4.69) is 130 Å². The van der Waals surface area contributed by atoms with E-state index in [1.54, 1.807) is 30.6 Å². The molecule has 0 saturated carbocycles. The van der Waals surface area contributed by atoms with Crippen molar-refractivity contribution < 1.29 is 45.9 Å². The normalized spacial score (nSPS) is 10.9. The molecule has 0 aliphatic carbocycles. The maximum atomic E-state index is 6.07. The Morgan fingerprint density at radius 2 is 1.25 bits per heavy atom. The predicted octanol–water partition coefficient (Wildman–Crippen LogP) is 12.4. The number of ether oxygens (including phenoxy) is 1. The Hall–Kier alpha value is -4.60. The standard InChI is InChI=1S/C33H28N3O.C16H18N.Ir.Pt/c1-22(2)29-13-7-14-30(23(3)4)32(29)26-15-16-31(36-21-26)24-9-5-11-27(19-24)37-28-12-6-10-25(20-28)33-34-17-8-18-35-33;1-16(2,3)11-13-9-10-15(17-12-13)14-7-5-4-6-8-14;;/h5-9,11-18,21-23H,1-4H3;4-7,9-10,12H,11H2,1-3H3;;/q-3;-1;;+2. The van der Waals surface area contributed by atoms with E-state index < -0.39 is 0 Å². The molecule has 0 atom stereocenters. The first kappa shape index (κ1) is 44.1. The molecule has 7 heteroatoms. The van der Waals surface area contributed by atoms with Crippen molar-refractivity contribution in [1.82, 2.24) is 19.9 Å². The van der Waals surface area contributed by atoms with Crippen molar-refractivity contribution in [2.75, 3.05) is 0 Å². The maximum absolute atomic E-state index is 6.07. The van der Waals surface area contributed by atoms with Crippen molar-refractivity contribution in [2.24, 2.45) is 5.41 Å². The molecule has 3 aromatic heterocycles. The second-order valence-electron chi connectivity index (χ2n) is 15.1. The minimum Gasteiger partial charge on any atom is -0.515 e. The molecule has 0 fully saturated rings. The van der Waals surface area contributed by atoms with Crippen molar-refractivity contribution in [1.29, 1.82) is 0 Å². The molecule has 5 nitrogen and oxygen atoms in total. The van der Waals surface area contributed by atoms with Crippen LogP contribution in [0.25, 0.3) is 45.0 Å². The third-order valence-corrected chi connectivity index (χ3v) is 8.73. The Kier molecular flexibility index (Phi) is 16.2. The number of hydrogen-bond acceptors (Lipinski definition) is 5. The quantitative estimate of drug-likeness (QED) is 0.135. The van der Waals surface area contributed by atoms with Gasteiger partial charge in [-0.2, -0.15) is 6.07 Å². The van der Waals surface area contributed by atoms with Gasteiger partial charge in [-0.25, -0.2) is 17.7 Å². The van der Waals surface area contributed by atoms with Crippen LogP contribution in [0.5, 0.6) is 11.5 Å². The van der Waals surface area contributed by atoms with Crippen LogP contribution in [0, 0.1) is 29.7 Å². The van der Waals surface area contributed by atoms with E-state index in [0.29, 0.717) is 40.1 Å². The van der Waals surface area contributed by atoms with Crippen LogP contribution in [0.15, 0.2) is 128 Å². The van der Waals surface area contributed by atoms with Gasteiger partial charge in [0.2, 0.25) is 0 Å². The number of aromatic nitrogens is 4. The molecule has 4 aromatic carbocycles. The first-order chi connectivity index (χ1) is 26.0. The van der Waals surface area contributed by atoms with Gasteiger partial charge < -0.3 is 24.7 Å². The van der Waals surface area contributed by atoms with E-state index >= 15 is 0 Å². The Morgan fingerprint density at radius 3 is 1.86 bits per heavy atom. The molecule has 0 spiro atoms. The molecule has 56 heavy (non-hydrogen) atoms. The molecular weight excluding hydrogens is 1050 g/mol. The Morgan fingerprint density at radius 1 is 0.607 bits per heavy atom. The summed E-state index contributed by atoms with van der Waals surface area (Å²) in [5.41, 5.74) is 11.1. The summed E-state index contributed by atoms with van der Waals surface area (Å²) in [6, 6.07) is 47.0. The van der Waals surface area contributed by atoms with E-state index in [4.69, 9.17) is 9.72 Å². The van der Waals surface area contributed by atoms with E-state index in [1.165, 1.54) is 22.3 Å². The Bertz CT molecular complexity index is 2230. The fourth-order valence-electron chi connectivity index (χ4n) is 6.22. The van der Waals surface area contributed by atoms with Gasteiger partial charge in [0.25, 0.3) is 0 Å². The zero-order valence-electron chi connectivity index (χ0n) is 32.8. The van der Waals surface area contributed by atoms with Crippen molar-refractivity contribution in [3.8, 4) is 56.5 Å². The number of pyridine rings is 2. The molecule has 7 aromatic rings. The van der Waals surface area contributed by atoms with E-state index in [-0.39, 0.29) is 41.2 Å². The van der Waals surface area contributed by atoms with Crippen LogP contribution in [0.1, 0.15) is 77.0 Å². The van der Waals surface area contributed by atoms with E-state index in [0.717, 1.165) is 34.5 Å². The zero-order chi connectivity index (χ0) is 38.1. The second-order valence-corrected chi connectivity index (χ2v) is 15.1. The molecule has 0 saturated heterocycles. The number of hydrogen-bond donors (Lipinski definition) is 0. The third-order valence-electron chi connectivity index (χ3n) is 8.73. The molecule has 0 unspecified atom stereocenters. The van der Waals surface area contributed by atoms with Crippen LogP contribution in [-0.2, 0) is 47.6 Å². The second kappa shape index (κ2) is 20.5. The predicted molar refractivity (Wildman–Crippen MR) is 219 cm³/mol. The average molecular weight is 1090 g/mol. The van der Waals surface area contributed by atoms with E-state index in [9.17, 15) is 0 Å². The summed E-state index contributed by atoms with van der Waals surface area (Å²) in [7, 11) is 0. The fourth-order valence-corrected chi connectivity index (χ4v) is 6.22.